The number of carbonyl (C=O) groups excluding carboxylic acids is 1. The lowest BCUT2D eigenvalue weighted by Crippen LogP contribution is -2.18. The number of benzene rings is 2. The van der Waals surface area contributed by atoms with E-state index >= 15 is 0 Å². The molecule has 0 aliphatic rings. The second-order valence-electron chi connectivity index (χ2n) is 5.87. The Hall–Kier alpha value is -3.14. The van der Waals surface area contributed by atoms with Gasteiger partial charge in [-0.15, -0.1) is 0 Å². The van der Waals surface area contributed by atoms with Crippen molar-refractivity contribution in [3.63, 3.8) is 0 Å². The lowest BCUT2D eigenvalue weighted by atomic mass is 10.0. The van der Waals surface area contributed by atoms with E-state index in [4.69, 9.17) is 4.74 Å². The molecule has 0 spiro atoms. The molecule has 0 bridgehead atoms. The van der Waals surface area contributed by atoms with Gasteiger partial charge in [0.2, 0.25) is 5.91 Å². The second kappa shape index (κ2) is 7.62. The molecule has 0 N–H and O–H groups in total. The fourth-order valence-corrected chi connectivity index (χ4v) is 2.51. The Kier molecular flexibility index (Phi) is 5.09. The number of aromatic nitrogens is 1. The number of rotatable bonds is 5. The summed E-state index contributed by atoms with van der Waals surface area (Å²) < 4.78 is 5.99. The van der Waals surface area contributed by atoms with Gasteiger partial charge in [0.1, 0.15) is 12.4 Å². The highest BCUT2D eigenvalue weighted by Gasteiger charge is 2.08. The van der Waals surface area contributed by atoms with E-state index in [1.165, 1.54) is 4.90 Å². The van der Waals surface area contributed by atoms with E-state index in [9.17, 15) is 4.79 Å². The summed E-state index contributed by atoms with van der Waals surface area (Å²) in [7, 11) is 3.46. The van der Waals surface area contributed by atoms with Gasteiger partial charge in [-0.05, 0) is 35.0 Å². The highest BCUT2D eigenvalue weighted by molar-refractivity contribution is 5.98. The Morgan fingerprint density at radius 1 is 1.08 bits per heavy atom. The van der Waals surface area contributed by atoms with Crippen LogP contribution >= 0.6 is 0 Å². The van der Waals surface area contributed by atoms with Crippen molar-refractivity contribution in [2.75, 3.05) is 14.1 Å². The summed E-state index contributed by atoms with van der Waals surface area (Å²) >= 11 is 0. The molecule has 0 saturated carbocycles. The molecule has 0 radical (unpaired) electrons. The van der Waals surface area contributed by atoms with Gasteiger partial charge >= 0.3 is 0 Å². The number of amides is 1. The van der Waals surface area contributed by atoms with Gasteiger partial charge in [0, 0.05) is 31.9 Å². The Labute approximate surface area is 147 Å². The normalized spacial score (nSPS) is 11.0. The fourth-order valence-electron chi connectivity index (χ4n) is 2.51. The van der Waals surface area contributed by atoms with Crippen LogP contribution in [0, 0.1) is 0 Å². The van der Waals surface area contributed by atoms with E-state index in [1.54, 1.807) is 26.4 Å². The minimum Gasteiger partial charge on any atom is -0.487 e. The van der Waals surface area contributed by atoms with Crippen LogP contribution in [0.25, 0.3) is 16.8 Å². The maximum absolute atomic E-state index is 11.9. The predicted octanol–water partition coefficient (Wildman–Crippen LogP) is 3.92. The van der Waals surface area contributed by atoms with E-state index in [2.05, 4.69) is 4.98 Å². The molecule has 0 aliphatic carbocycles. The summed E-state index contributed by atoms with van der Waals surface area (Å²) in [6, 6.07) is 17.7. The average Bonchev–Trinajstić information content (AvgIpc) is 2.65. The maximum Gasteiger partial charge on any atom is 0.246 e. The SMILES string of the molecule is CN(C)C(=O)/C=C/c1c(OCc2ccccn2)ccc2ccccc12. The van der Waals surface area contributed by atoms with E-state index in [0.717, 1.165) is 27.8 Å². The quantitative estimate of drug-likeness (QED) is 0.665. The molecule has 1 amide bonds. The monoisotopic (exact) mass is 332 g/mol. The number of carbonyl (C=O) groups is 1. The molecule has 126 valence electrons. The Morgan fingerprint density at radius 2 is 1.88 bits per heavy atom. The van der Waals surface area contributed by atoms with Gasteiger partial charge in [0.05, 0.1) is 5.69 Å². The van der Waals surface area contributed by atoms with Crippen LogP contribution in [0.15, 0.2) is 66.9 Å². The van der Waals surface area contributed by atoms with Crippen molar-refractivity contribution in [3.8, 4) is 5.75 Å². The first kappa shape index (κ1) is 16.7. The largest absolute Gasteiger partial charge is 0.487 e. The van der Waals surface area contributed by atoms with Crippen molar-refractivity contribution in [1.82, 2.24) is 9.88 Å². The van der Waals surface area contributed by atoms with Crippen LogP contribution in [-0.4, -0.2) is 29.9 Å². The first-order valence-electron chi connectivity index (χ1n) is 8.09. The first-order chi connectivity index (χ1) is 12.1. The van der Waals surface area contributed by atoms with Crippen molar-refractivity contribution in [2.45, 2.75) is 6.61 Å². The molecule has 0 aliphatic heterocycles. The van der Waals surface area contributed by atoms with Gasteiger partial charge < -0.3 is 9.64 Å². The predicted molar refractivity (Wildman–Crippen MR) is 100 cm³/mol. The molecule has 0 atom stereocenters. The highest BCUT2D eigenvalue weighted by atomic mass is 16.5. The molecular weight excluding hydrogens is 312 g/mol. The molecule has 4 heteroatoms. The van der Waals surface area contributed by atoms with Gasteiger partial charge in [0.25, 0.3) is 0 Å². The van der Waals surface area contributed by atoms with Crippen LogP contribution in [0.5, 0.6) is 5.75 Å². The standard InChI is InChI=1S/C21H20N2O2/c1-23(2)21(24)13-11-19-18-9-4-3-7-16(18)10-12-20(19)25-15-17-8-5-6-14-22-17/h3-14H,15H2,1-2H3/b13-11+. The topological polar surface area (TPSA) is 42.4 Å². The lowest BCUT2D eigenvalue weighted by Gasteiger charge is -2.12. The van der Waals surface area contributed by atoms with Crippen molar-refractivity contribution in [1.29, 1.82) is 0 Å². The van der Waals surface area contributed by atoms with Gasteiger partial charge in [-0.1, -0.05) is 36.4 Å². The molecule has 0 saturated heterocycles. The van der Waals surface area contributed by atoms with Crippen LogP contribution in [0.4, 0.5) is 0 Å². The van der Waals surface area contributed by atoms with Crippen molar-refractivity contribution >= 4 is 22.8 Å². The summed E-state index contributed by atoms with van der Waals surface area (Å²) in [6.45, 7) is 0.377. The number of ether oxygens (including phenoxy) is 1. The molecule has 4 nitrogen and oxygen atoms in total. The third-order valence-electron chi connectivity index (χ3n) is 3.87. The van der Waals surface area contributed by atoms with Crippen LogP contribution in [0.1, 0.15) is 11.3 Å². The molecule has 1 heterocycles. The third kappa shape index (κ3) is 4.04. The van der Waals surface area contributed by atoms with E-state index in [1.807, 2.05) is 60.7 Å². The number of nitrogens with zero attached hydrogens (tertiary/aromatic N) is 2. The summed E-state index contributed by atoms with van der Waals surface area (Å²) in [5.74, 6) is 0.663. The van der Waals surface area contributed by atoms with E-state index in [0.29, 0.717) is 6.61 Å². The van der Waals surface area contributed by atoms with Crippen LogP contribution in [0.2, 0.25) is 0 Å². The molecule has 1 aromatic heterocycles. The third-order valence-corrected chi connectivity index (χ3v) is 3.87. The van der Waals surface area contributed by atoms with E-state index in [-0.39, 0.29) is 5.91 Å². The van der Waals surface area contributed by atoms with E-state index < -0.39 is 0 Å². The lowest BCUT2D eigenvalue weighted by molar-refractivity contribution is -0.123. The maximum atomic E-state index is 11.9. The zero-order valence-electron chi connectivity index (χ0n) is 14.3. The zero-order chi connectivity index (χ0) is 17.6. The minimum absolute atomic E-state index is 0.0661. The molecular formula is C21H20N2O2. The molecule has 0 unspecified atom stereocenters. The van der Waals surface area contributed by atoms with Gasteiger partial charge in [0.15, 0.2) is 0 Å². The molecule has 3 aromatic rings. The second-order valence-corrected chi connectivity index (χ2v) is 5.87. The first-order valence-corrected chi connectivity index (χ1v) is 8.09. The Balaban J connectivity index is 1.96. The van der Waals surface area contributed by atoms with Gasteiger partial charge in [-0.2, -0.15) is 0 Å². The number of pyridine rings is 1. The Bertz CT molecular complexity index is 902. The van der Waals surface area contributed by atoms with Crippen LogP contribution in [0.3, 0.4) is 0 Å². The number of fused-ring (bicyclic) bond motifs is 1. The molecule has 25 heavy (non-hydrogen) atoms. The summed E-state index contributed by atoms with van der Waals surface area (Å²) in [4.78, 5) is 17.7. The fraction of sp³-hybridized carbons (Fsp3) is 0.143. The number of hydrogen-bond acceptors (Lipinski definition) is 3. The summed E-state index contributed by atoms with van der Waals surface area (Å²) in [5.41, 5.74) is 1.75. The zero-order valence-corrected chi connectivity index (χ0v) is 14.3. The van der Waals surface area contributed by atoms with Gasteiger partial charge in [-0.3, -0.25) is 9.78 Å². The summed E-state index contributed by atoms with van der Waals surface area (Å²) in [6.07, 6.45) is 5.13. The van der Waals surface area contributed by atoms with Crippen molar-refractivity contribution < 1.29 is 9.53 Å². The number of likely N-dealkylation sites (N-methyl/N-ethyl adjacent to an activating group) is 1. The number of hydrogen-bond donors (Lipinski definition) is 0. The van der Waals surface area contributed by atoms with Gasteiger partial charge in [-0.25, -0.2) is 0 Å². The molecule has 3 rings (SSSR count). The smallest absolute Gasteiger partial charge is 0.246 e. The molecule has 0 fully saturated rings. The minimum atomic E-state index is -0.0661. The molecule has 2 aromatic carbocycles. The average molecular weight is 332 g/mol. The van der Waals surface area contributed by atoms with Crippen molar-refractivity contribution in [3.05, 3.63) is 78.1 Å². The Morgan fingerprint density at radius 3 is 2.64 bits per heavy atom. The highest BCUT2D eigenvalue weighted by Crippen LogP contribution is 2.30. The summed E-state index contributed by atoms with van der Waals surface area (Å²) in [5, 5.41) is 2.15. The van der Waals surface area contributed by atoms with Crippen molar-refractivity contribution in [2.24, 2.45) is 0 Å². The van der Waals surface area contributed by atoms with Crippen LogP contribution < -0.4 is 4.74 Å². The van der Waals surface area contributed by atoms with Crippen LogP contribution in [-0.2, 0) is 11.4 Å².